The molecule has 2 atom stereocenters. The van der Waals surface area contributed by atoms with E-state index in [0.29, 0.717) is 6.61 Å². The van der Waals surface area contributed by atoms with Crippen LogP contribution in [0.2, 0.25) is 0 Å². The summed E-state index contributed by atoms with van der Waals surface area (Å²) in [6.45, 7) is 0.437. The molecule has 19 heavy (non-hydrogen) atoms. The fraction of sp³-hybridized carbons (Fsp3) is 0.357. The summed E-state index contributed by atoms with van der Waals surface area (Å²) in [6.07, 6.45) is 2.42. The number of carbonyl (C=O) groups is 1. The van der Waals surface area contributed by atoms with Gasteiger partial charge in [0.2, 0.25) is 0 Å². The average Bonchev–Trinajstić information content (AvgIpc) is 2.85. The van der Waals surface area contributed by atoms with Crippen LogP contribution in [0.25, 0.3) is 0 Å². The van der Waals surface area contributed by atoms with E-state index in [4.69, 9.17) is 4.74 Å². The van der Waals surface area contributed by atoms with E-state index in [1.165, 1.54) is 5.56 Å². The van der Waals surface area contributed by atoms with Crippen molar-refractivity contribution in [2.75, 3.05) is 13.7 Å². The van der Waals surface area contributed by atoms with E-state index in [0.717, 1.165) is 12.1 Å². The monoisotopic (exact) mass is 259 g/mol. The van der Waals surface area contributed by atoms with Crippen LogP contribution in [-0.2, 0) is 9.53 Å². The Morgan fingerprint density at radius 2 is 2.16 bits per heavy atom. The fourth-order valence-corrected chi connectivity index (χ4v) is 2.59. The number of benzene rings is 1. The molecule has 2 heterocycles. The first kappa shape index (κ1) is 12.2. The highest BCUT2D eigenvalue weighted by Gasteiger charge is 2.37. The van der Waals surface area contributed by atoms with Gasteiger partial charge in [-0.05, 0) is 5.56 Å². The van der Waals surface area contributed by atoms with Crippen LogP contribution in [0, 0.1) is 0 Å². The quantitative estimate of drug-likeness (QED) is 0.847. The summed E-state index contributed by atoms with van der Waals surface area (Å²) in [5, 5.41) is 4.99. The van der Waals surface area contributed by atoms with Crippen LogP contribution < -0.4 is 10.7 Å². The lowest BCUT2D eigenvalue weighted by Gasteiger charge is -2.29. The Hall–Kier alpha value is -1.85. The zero-order valence-electron chi connectivity index (χ0n) is 10.8. The van der Waals surface area contributed by atoms with Crippen molar-refractivity contribution in [3.8, 4) is 0 Å². The molecule has 1 fully saturated rings. The van der Waals surface area contributed by atoms with E-state index >= 15 is 0 Å². The lowest BCUT2D eigenvalue weighted by Crippen LogP contribution is -2.52. The topological polar surface area (TPSA) is 53.6 Å². The smallest absolute Gasteiger partial charge is 0.264 e. The van der Waals surface area contributed by atoms with Gasteiger partial charge in [-0.25, -0.2) is 5.43 Å². The van der Waals surface area contributed by atoms with Gasteiger partial charge in [0.1, 0.15) is 6.17 Å². The van der Waals surface area contributed by atoms with Crippen LogP contribution in [0.3, 0.4) is 0 Å². The molecule has 1 aromatic rings. The molecule has 0 bridgehead atoms. The average molecular weight is 259 g/mol. The van der Waals surface area contributed by atoms with Crippen LogP contribution in [0.4, 0.5) is 0 Å². The van der Waals surface area contributed by atoms with Gasteiger partial charge in [-0.3, -0.25) is 9.80 Å². The van der Waals surface area contributed by atoms with Gasteiger partial charge in [-0.1, -0.05) is 30.3 Å². The number of hydrazine groups is 1. The van der Waals surface area contributed by atoms with Gasteiger partial charge in [-0.15, -0.1) is 0 Å². The Kier molecular flexibility index (Phi) is 3.23. The van der Waals surface area contributed by atoms with Gasteiger partial charge in [0.05, 0.1) is 12.6 Å². The molecule has 100 valence electrons. The third-order valence-electron chi connectivity index (χ3n) is 3.45. The van der Waals surface area contributed by atoms with Crippen LogP contribution in [0.1, 0.15) is 18.0 Å². The van der Waals surface area contributed by atoms with Crippen molar-refractivity contribution in [1.29, 1.82) is 0 Å². The maximum atomic E-state index is 12.0. The Morgan fingerprint density at radius 1 is 1.37 bits per heavy atom. The van der Waals surface area contributed by atoms with E-state index in [2.05, 4.69) is 22.9 Å². The van der Waals surface area contributed by atoms with Gasteiger partial charge in [-0.2, -0.15) is 0 Å². The number of rotatable bonds is 3. The Labute approximate surface area is 112 Å². The predicted octanol–water partition coefficient (Wildman–Crippen LogP) is 0.924. The fourth-order valence-electron chi connectivity index (χ4n) is 2.59. The number of hydrogen-bond acceptors (Lipinski definition) is 4. The van der Waals surface area contributed by atoms with Crippen LogP contribution in [0.5, 0.6) is 0 Å². The standard InChI is InChI=1S/C14H17N3O2/c1-19-9-11-7-14(18)17-13(15-11)8-12(16-17)10-5-3-2-4-6-10/h2-7,12-13,15-16H,8-9H2,1H3. The van der Waals surface area contributed by atoms with E-state index in [1.54, 1.807) is 18.2 Å². The van der Waals surface area contributed by atoms with Crippen molar-refractivity contribution in [3.63, 3.8) is 0 Å². The van der Waals surface area contributed by atoms with Crippen molar-refractivity contribution in [2.45, 2.75) is 18.6 Å². The summed E-state index contributed by atoms with van der Waals surface area (Å²) in [5.74, 6) is -0.0192. The minimum atomic E-state index is -0.0192. The molecule has 0 aliphatic carbocycles. The summed E-state index contributed by atoms with van der Waals surface area (Å²) in [7, 11) is 1.62. The van der Waals surface area contributed by atoms with Crippen molar-refractivity contribution in [1.82, 2.24) is 15.8 Å². The third-order valence-corrected chi connectivity index (χ3v) is 3.45. The first-order valence-electron chi connectivity index (χ1n) is 6.38. The highest BCUT2D eigenvalue weighted by molar-refractivity contribution is 5.89. The number of amides is 1. The zero-order chi connectivity index (χ0) is 13.2. The summed E-state index contributed by atoms with van der Waals surface area (Å²) >= 11 is 0. The molecule has 2 unspecified atom stereocenters. The van der Waals surface area contributed by atoms with E-state index < -0.39 is 0 Å². The summed E-state index contributed by atoms with van der Waals surface area (Å²) in [6, 6.07) is 10.3. The lowest BCUT2D eigenvalue weighted by molar-refractivity contribution is -0.131. The Bertz CT molecular complexity index is 501. The maximum Gasteiger partial charge on any atom is 0.264 e. The number of methoxy groups -OCH3 is 1. The highest BCUT2D eigenvalue weighted by Crippen LogP contribution is 2.28. The van der Waals surface area contributed by atoms with Gasteiger partial charge < -0.3 is 10.1 Å². The Morgan fingerprint density at radius 3 is 2.89 bits per heavy atom. The number of fused-ring (bicyclic) bond motifs is 1. The molecule has 1 saturated heterocycles. The van der Waals surface area contributed by atoms with E-state index in [1.807, 2.05) is 18.2 Å². The van der Waals surface area contributed by atoms with Gasteiger partial charge >= 0.3 is 0 Å². The molecule has 0 saturated carbocycles. The van der Waals surface area contributed by atoms with Gasteiger partial charge in [0.15, 0.2) is 0 Å². The molecule has 2 N–H and O–H groups in total. The SMILES string of the molecule is COCC1=CC(=O)N2NC(c3ccccc3)CC2N1. The first-order chi connectivity index (χ1) is 9.28. The normalized spacial score (nSPS) is 25.8. The molecule has 5 heteroatoms. The number of nitrogens with one attached hydrogen (secondary N) is 2. The number of ether oxygens (including phenoxy) is 1. The van der Waals surface area contributed by atoms with Crippen molar-refractivity contribution >= 4 is 5.91 Å². The molecule has 2 aliphatic heterocycles. The molecule has 1 amide bonds. The van der Waals surface area contributed by atoms with Crippen LogP contribution in [0.15, 0.2) is 42.1 Å². The molecule has 2 aliphatic rings. The summed E-state index contributed by atoms with van der Waals surface area (Å²) in [5.41, 5.74) is 5.29. The molecular formula is C14H17N3O2. The minimum Gasteiger partial charge on any atom is -0.378 e. The first-order valence-corrected chi connectivity index (χ1v) is 6.38. The van der Waals surface area contributed by atoms with Gasteiger partial charge in [0, 0.05) is 25.3 Å². The molecular weight excluding hydrogens is 242 g/mol. The number of carbonyl (C=O) groups excluding carboxylic acids is 1. The largest absolute Gasteiger partial charge is 0.378 e. The van der Waals surface area contributed by atoms with Crippen LogP contribution >= 0.6 is 0 Å². The second-order valence-corrected chi connectivity index (χ2v) is 4.80. The molecule has 5 nitrogen and oxygen atoms in total. The summed E-state index contributed by atoms with van der Waals surface area (Å²) in [4.78, 5) is 12.0. The molecule has 1 aromatic carbocycles. The van der Waals surface area contributed by atoms with Gasteiger partial charge in [0.25, 0.3) is 5.91 Å². The van der Waals surface area contributed by atoms with Crippen molar-refractivity contribution in [2.24, 2.45) is 0 Å². The Balaban J connectivity index is 1.75. The number of nitrogens with zero attached hydrogens (tertiary/aromatic N) is 1. The molecule has 0 spiro atoms. The number of hydrogen-bond donors (Lipinski definition) is 2. The van der Waals surface area contributed by atoms with Crippen LogP contribution in [-0.4, -0.2) is 30.8 Å². The lowest BCUT2D eigenvalue weighted by atomic mass is 10.0. The minimum absolute atomic E-state index is 0.00661. The maximum absolute atomic E-state index is 12.0. The second-order valence-electron chi connectivity index (χ2n) is 4.80. The van der Waals surface area contributed by atoms with E-state index in [-0.39, 0.29) is 18.1 Å². The third kappa shape index (κ3) is 2.34. The van der Waals surface area contributed by atoms with E-state index in [9.17, 15) is 4.79 Å². The molecule has 0 radical (unpaired) electrons. The predicted molar refractivity (Wildman–Crippen MR) is 70.7 cm³/mol. The molecule has 0 aromatic heterocycles. The second kappa shape index (κ2) is 5.03. The van der Waals surface area contributed by atoms with Crippen molar-refractivity contribution < 1.29 is 9.53 Å². The summed E-state index contributed by atoms with van der Waals surface area (Å²) < 4.78 is 5.07. The highest BCUT2D eigenvalue weighted by atomic mass is 16.5. The zero-order valence-corrected chi connectivity index (χ0v) is 10.8. The van der Waals surface area contributed by atoms with Crippen molar-refractivity contribution in [3.05, 3.63) is 47.7 Å². The molecule has 3 rings (SSSR count).